The second kappa shape index (κ2) is 4.52. The summed E-state index contributed by atoms with van der Waals surface area (Å²) in [5.74, 6) is 0. The van der Waals surface area contributed by atoms with E-state index in [-0.39, 0.29) is 0 Å². The van der Waals surface area contributed by atoms with Crippen LogP contribution in [0.25, 0.3) is 0 Å². The van der Waals surface area contributed by atoms with Crippen molar-refractivity contribution in [1.29, 1.82) is 0 Å². The number of rotatable bonds is 3. The third kappa shape index (κ3) is 1.97. The van der Waals surface area contributed by atoms with Crippen LogP contribution in [0.4, 0.5) is 5.69 Å². The molecule has 90 valence electrons. The Morgan fingerprint density at radius 1 is 1.41 bits per heavy atom. The maximum Gasteiger partial charge on any atom is 0.235 e. The van der Waals surface area contributed by atoms with Gasteiger partial charge in [0.25, 0.3) is 0 Å². The first-order valence-electron chi connectivity index (χ1n) is 5.66. The first-order valence-corrected chi connectivity index (χ1v) is 6.04. The van der Waals surface area contributed by atoms with Gasteiger partial charge in [0.2, 0.25) is 6.08 Å². The Morgan fingerprint density at radius 3 is 2.59 bits per heavy atom. The molecule has 0 N–H and O–H groups in total. The van der Waals surface area contributed by atoms with Crippen LogP contribution in [-0.2, 0) is 10.3 Å². The largest absolute Gasteiger partial charge is 0.377 e. The lowest BCUT2D eigenvalue weighted by molar-refractivity contribution is 0.256. The Kier molecular flexibility index (Phi) is 3.23. The van der Waals surface area contributed by atoms with E-state index >= 15 is 0 Å². The summed E-state index contributed by atoms with van der Waals surface area (Å²) >= 11 is 6.29. The summed E-state index contributed by atoms with van der Waals surface area (Å²) in [6, 6.07) is 5.77. The fourth-order valence-corrected chi connectivity index (χ4v) is 2.71. The van der Waals surface area contributed by atoms with Gasteiger partial charge < -0.3 is 4.90 Å². The predicted molar refractivity (Wildman–Crippen MR) is 69.4 cm³/mol. The lowest BCUT2D eigenvalue weighted by atomic mass is 9.71. The van der Waals surface area contributed by atoms with E-state index in [0.717, 1.165) is 30.5 Å². The van der Waals surface area contributed by atoms with Gasteiger partial charge in [-0.15, -0.1) is 0 Å². The first-order chi connectivity index (χ1) is 8.10. The number of carbonyl (C=O) groups excluding carboxylic acids is 1. The predicted octanol–water partition coefficient (Wildman–Crippen LogP) is 3.12. The van der Waals surface area contributed by atoms with E-state index in [1.54, 1.807) is 6.08 Å². The molecular formula is C13H15ClN2O. The Hall–Kier alpha value is -1.31. The molecule has 0 saturated heterocycles. The number of benzene rings is 1. The average molecular weight is 251 g/mol. The molecule has 1 aliphatic carbocycles. The van der Waals surface area contributed by atoms with Crippen molar-refractivity contribution in [3.63, 3.8) is 0 Å². The highest BCUT2D eigenvalue weighted by Gasteiger charge is 2.42. The molecule has 17 heavy (non-hydrogen) atoms. The molecule has 0 atom stereocenters. The molecular weight excluding hydrogens is 236 g/mol. The van der Waals surface area contributed by atoms with Crippen molar-refractivity contribution in [1.82, 2.24) is 0 Å². The van der Waals surface area contributed by atoms with Gasteiger partial charge >= 0.3 is 0 Å². The van der Waals surface area contributed by atoms with Gasteiger partial charge in [-0.1, -0.05) is 17.7 Å². The van der Waals surface area contributed by atoms with Crippen LogP contribution in [0, 0.1) is 0 Å². The van der Waals surface area contributed by atoms with E-state index in [1.165, 1.54) is 0 Å². The van der Waals surface area contributed by atoms with Crippen LogP contribution >= 0.6 is 11.6 Å². The van der Waals surface area contributed by atoms with Crippen molar-refractivity contribution in [2.75, 3.05) is 19.0 Å². The summed E-state index contributed by atoms with van der Waals surface area (Å²) in [6.45, 7) is 0. The van der Waals surface area contributed by atoms with E-state index in [1.807, 2.05) is 37.2 Å². The van der Waals surface area contributed by atoms with Crippen molar-refractivity contribution in [3.8, 4) is 0 Å². The standard InChI is InChI=1S/C13H15ClN2O/c1-16(2)11-6-3-5-10(14)12(11)13(15-9-17)7-4-8-13/h3,5-6H,4,7-8H2,1-2H3. The number of halogens is 1. The summed E-state index contributed by atoms with van der Waals surface area (Å²) in [6.07, 6.45) is 4.51. The van der Waals surface area contributed by atoms with Crippen LogP contribution in [0.3, 0.4) is 0 Å². The normalized spacial score (nSPS) is 16.9. The zero-order chi connectivity index (χ0) is 12.5. The van der Waals surface area contributed by atoms with Gasteiger partial charge in [0.1, 0.15) is 5.54 Å². The maximum atomic E-state index is 10.6. The number of hydrogen-bond acceptors (Lipinski definition) is 3. The smallest absolute Gasteiger partial charge is 0.235 e. The van der Waals surface area contributed by atoms with Crippen LogP contribution in [0.2, 0.25) is 5.02 Å². The number of isocyanates is 1. The van der Waals surface area contributed by atoms with Crippen molar-refractivity contribution in [2.45, 2.75) is 24.8 Å². The molecule has 1 aromatic rings. The molecule has 0 spiro atoms. The Balaban J connectivity index is 2.60. The molecule has 0 amide bonds. The Bertz CT molecular complexity index is 474. The van der Waals surface area contributed by atoms with E-state index < -0.39 is 5.54 Å². The third-order valence-corrected chi connectivity index (χ3v) is 3.69. The fraction of sp³-hybridized carbons (Fsp3) is 0.462. The number of aliphatic imine (C=N–C) groups is 1. The summed E-state index contributed by atoms with van der Waals surface area (Å²) in [4.78, 5) is 16.7. The number of hydrogen-bond donors (Lipinski definition) is 0. The summed E-state index contributed by atoms with van der Waals surface area (Å²) in [7, 11) is 3.93. The SMILES string of the molecule is CN(C)c1cccc(Cl)c1C1(N=C=O)CCC1. The second-order valence-corrected chi connectivity index (χ2v) is 5.02. The highest BCUT2D eigenvalue weighted by molar-refractivity contribution is 6.32. The molecule has 1 aromatic carbocycles. The van der Waals surface area contributed by atoms with Crippen molar-refractivity contribution < 1.29 is 4.79 Å². The van der Waals surface area contributed by atoms with Gasteiger partial charge in [0.15, 0.2) is 0 Å². The molecule has 0 aliphatic heterocycles. The quantitative estimate of drug-likeness (QED) is 0.610. The van der Waals surface area contributed by atoms with E-state index in [2.05, 4.69) is 4.99 Å². The van der Waals surface area contributed by atoms with Crippen LogP contribution in [0.5, 0.6) is 0 Å². The fourth-order valence-electron chi connectivity index (χ4n) is 2.36. The zero-order valence-corrected chi connectivity index (χ0v) is 10.8. The topological polar surface area (TPSA) is 32.7 Å². The monoisotopic (exact) mass is 250 g/mol. The Labute approximate surface area is 106 Å². The summed E-state index contributed by atoms with van der Waals surface area (Å²) in [5.41, 5.74) is 1.54. The van der Waals surface area contributed by atoms with Gasteiger partial charge in [-0.25, -0.2) is 4.79 Å². The van der Waals surface area contributed by atoms with Crippen molar-refractivity contribution in [3.05, 3.63) is 28.8 Å². The maximum absolute atomic E-state index is 10.6. The summed E-state index contributed by atoms with van der Waals surface area (Å²) in [5, 5.41) is 0.676. The molecule has 1 fully saturated rings. The number of anilines is 1. The Morgan fingerprint density at radius 2 is 2.12 bits per heavy atom. The van der Waals surface area contributed by atoms with Crippen LogP contribution in [0.1, 0.15) is 24.8 Å². The van der Waals surface area contributed by atoms with Gasteiger partial charge in [0.05, 0.1) is 0 Å². The van der Waals surface area contributed by atoms with Gasteiger partial charge in [-0.05, 0) is 31.4 Å². The first kappa shape index (κ1) is 12.2. The molecule has 2 rings (SSSR count). The molecule has 1 aliphatic rings. The highest BCUT2D eigenvalue weighted by atomic mass is 35.5. The minimum absolute atomic E-state index is 0.445. The van der Waals surface area contributed by atoms with Crippen LogP contribution < -0.4 is 4.90 Å². The molecule has 3 nitrogen and oxygen atoms in total. The van der Waals surface area contributed by atoms with Gasteiger partial charge in [-0.3, -0.25) is 0 Å². The van der Waals surface area contributed by atoms with E-state index in [0.29, 0.717) is 5.02 Å². The van der Waals surface area contributed by atoms with E-state index in [9.17, 15) is 4.79 Å². The molecule has 1 saturated carbocycles. The molecule has 0 bridgehead atoms. The molecule has 0 aromatic heterocycles. The lowest BCUT2D eigenvalue weighted by Crippen LogP contribution is -2.34. The van der Waals surface area contributed by atoms with Crippen LogP contribution in [0.15, 0.2) is 23.2 Å². The highest BCUT2D eigenvalue weighted by Crippen LogP contribution is 2.50. The van der Waals surface area contributed by atoms with Gasteiger partial charge in [-0.2, -0.15) is 4.99 Å². The zero-order valence-electron chi connectivity index (χ0n) is 10.0. The van der Waals surface area contributed by atoms with Crippen LogP contribution in [-0.4, -0.2) is 20.2 Å². The van der Waals surface area contributed by atoms with Gasteiger partial charge in [0, 0.05) is 30.4 Å². The minimum atomic E-state index is -0.445. The lowest BCUT2D eigenvalue weighted by Gasteiger charge is -2.39. The molecule has 0 radical (unpaired) electrons. The molecule has 4 heteroatoms. The van der Waals surface area contributed by atoms with Crippen molar-refractivity contribution in [2.24, 2.45) is 4.99 Å². The summed E-state index contributed by atoms with van der Waals surface area (Å²) < 4.78 is 0. The second-order valence-electron chi connectivity index (χ2n) is 4.62. The minimum Gasteiger partial charge on any atom is -0.377 e. The number of nitrogens with zero attached hydrogens (tertiary/aromatic N) is 2. The molecule has 0 heterocycles. The average Bonchev–Trinajstić information content (AvgIpc) is 2.23. The van der Waals surface area contributed by atoms with Crippen molar-refractivity contribution >= 4 is 23.4 Å². The third-order valence-electron chi connectivity index (χ3n) is 3.38. The molecule has 0 unspecified atom stereocenters. The van der Waals surface area contributed by atoms with E-state index in [4.69, 9.17) is 11.6 Å².